The number of hydrogen-bond donors (Lipinski definition) is 0. The lowest BCUT2D eigenvalue weighted by Gasteiger charge is -2.32. The molecule has 7 nitrogen and oxygen atoms in total. The molecular weight excluding hydrogens is 264 g/mol. The van der Waals surface area contributed by atoms with Crippen molar-refractivity contribution in [1.82, 2.24) is 9.80 Å². The van der Waals surface area contributed by atoms with Gasteiger partial charge in [0.1, 0.15) is 0 Å². The summed E-state index contributed by atoms with van der Waals surface area (Å²) in [6.45, 7) is 7.99. The Balaban J connectivity index is 2.14. The maximum atomic E-state index is 11.6. The number of carbonyl (C=O) groups is 2. The predicted octanol–water partition coefficient (Wildman–Crippen LogP) is 0.686. The van der Waals surface area contributed by atoms with Gasteiger partial charge in [-0.3, -0.25) is 4.79 Å². The van der Waals surface area contributed by atoms with E-state index in [1.807, 2.05) is 0 Å². The quantitative estimate of drug-likeness (QED) is 0.526. The van der Waals surface area contributed by atoms with Gasteiger partial charge in [0.05, 0.1) is 13.0 Å². The summed E-state index contributed by atoms with van der Waals surface area (Å²) in [6, 6.07) is 0. The van der Waals surface area contributed by atoms with Crippen LogP contribution in [0.3, 0.4) is 0 Å². The average Bonchev–Trinajstić information content (AvgIpc) is 2.38. The first-order valence-electron chi connectivity index (χ1n) is 6.95. The van der Waals surface area contributed by atoms with Gasteiger partial charge in [-0.1, -0.05) is 0 Å². The van der Waals surface area contributed by atoms with Crippen LogP contribution in [-0.2, 0) is 19.0 Å². The van der Waals surface area contributed by atoms with Gasteiger partial charge in [0.15, 0.2) is 0 Å². The Morgan fingerprint density at radius 1 is 1.15 bits per heavy atom. The summed E-state index contributed by atoms with van der Waals surface area (Å²) in [5.41, 5.74) is 0. The first kappa shape index (κ1) is 16.7. The van der Waals surface area contributed by atoms with E-state index in [4.69, 9.17) is 9.47 Å². The zero-order valence-corrected chi connectivity index (χ0v) is 12.5. The molecule has 1 rings (SSSR count). The van der Waals surface area contributed by atoms with E-state index in [0.29, 0.717) is 13.0 Å². The summed E-state index contributed by atoms with van der Waals surface area (Å²) < 4.78 is 14.3. The number of ether oxygens (including phenoxy) is 3. The zero-order chi connectivity index (χ0) is 15.0. The molecule has 0 saturated carbocycles. The summed E-state index contributed by atoms with van der Waals surface area (Å²) in [7, 11) is 2.08. The summed E-state index contributed by atoms with van der Waals surface area (Å²) in [6.07, 6.45) is -1.46. The lowest BCUT2D eigenvalue weighted by atomic mass is 10.3. The highest BCUT2D eigenvalue weighted by Gasteiger charge is 2.17. The van der Waals surface area contributed by atoms with Crippen molar-refractivity contribution in [3.8, 4) is 0 Å². The minimum atomic E-state index is -0.922. The van der Waals surface area contributed by atoms with E-state index in [1.165, 1.54) is 6.92 Å². The molecule has 116 valence electrons. The summed E-state index contributed by atoms with van der Waals surface area (Å²) >= 11 is 0. The number of esters is 1. The van der Waals surface area contributed by atoms with Gasteiger partial charge in [-0.2, -0.15) is 0 Å². The van der Waals surface area contributed by atoms with Crippen molar-refractivity contribution in [3.05, 3.63) is 0 Å². The Hall–Kier alpha value is -1.34. The van der Waals surface area contributed by atoms with Crippen LogP contribution in [0.2, 0.25) is 0 Å². The van der Waals surface area contributed by atoms with Crippen LogP contribution in [0.15, 0.2) is 0 Å². The number of nitrogens with zero attached hydrogens (tertiary/aromatic N) is 2. The van der Waals surface area contributed by atoms with Gasteiger partial charge < -0.3 is 24.0 Å². The minimum absolute atomic E-state index is 0.225. The summed E-state index contributed by atoms with van der Waals surface area (Å²) in [5, 5.41) is 0. The normalized spacial score (nSPS) is 18.4. The van der Waals surface area contributed by atoms with Crippen LogP contribution in [0, 0.1) is 0 Å². The molecule has 1 unspecified atom stereocenters. The van der Waals surface area contributed by atoms with Crippen LogP contribution >= 0.6 is 0 Å². The Kier molecular flexibility index (Phi) is 7.32. The maximum Gasteiger partial charge on any atom is 0.511 e. The van der Waals surface area contributed by atoms with Gasteiger partial charge in [-0.15, -0.1) is 0 Å². The fraction of sp³-hybridized carbons (Fsp3) is 0.846. The van der Waals surface area contributed by atoms with Gasteiger partial charge in [0.25, 0.3) is 0 Å². The van der Waals surface area contributed by atoms with Gasteiger partial charge in [0, 0.05) is 39.6 Å². The Labute approximate surface area is 119 Å². The third kappa shape index (κ3) is 6.72. The third-order valence-corrected chi connectivity index (χ3v) is 3.05. The molecule has 1 atom stereocenters. The van der Waals surface area contributed by atoms with Crippen LogP contribution in [0.5, 0.6) is 0 Å². The van der Waals surface area contributed by atoms with Gasteiger partial charge in [0.2, 0.25) is 6.29 Å². The van der Waals surface area contributed by atoms with Gasteiger partial charge >= 0.3 is 12.1 Å². The smallest absolute Gasteiger partial charge is 0.435 e. The highest BCUT2D eigenvalue weighted by molar-refractivity contribution is 5.70. The second kappa shape index (κ2) is 8.76. The average molecular weight is 288 g/mol. The van der Waals surface area contributed by atoms with Crippen LogP contribution in [-0.4, -0.2) is 74.6 Å². The minimum Gasteiger partial charge on any atom is -0.435 e. The second-order valence-corrected chi connectivity index (χ2v) is 4.75. The second-order valence-electron chi connectivity index (χ2n) is 4.75. The van der Waals surface area contributed by atoms with E-state index >= 15 is 0 Å². The fourth-order valence-corrected chi connectivity index (χ4v) is 1.88. The summed E-state index contributed by atoms with van der Waals surface area (Å²) in [4.78, 5) is 27.1. The van der Waals surface area contributed by atoms with Crippen LogP contribution in [0.25, 0.3) is 0 Å². The number of likely N-dealkylation sites (N-methyl/N-ethyl adjacent to an activating group) is 1. The largest absolute Gasteiger partial charge is 0.511 e. The monoisotopic (exact) mass is 288 g/mol. The predicted molar refractivity (Wildman–Crippen MR) is 72.2 cm³/mol. The maximum absolute atomic E-state index is 11.6. The van der Waals surface area contributed by atoms with E-state index in [-0.39, 0.29) is 12.6 Å². The van der Waals surface area contributed by atoms with E-state index in [2.05, 4.69) is 21.6 Å². The lowest BCUT2D eigenvalue weighted by molar-refractivity contribution is -0.168. The highest BCUT2D eigenvalue weighted by atomic mass is 16.8. The van der Waals surface area contributed by atoms with Crippen molar-refractivity contribution in [2.75, 3.05) is 46.4 Å². The molecule has 1 fully saturated rings. The fourth-order valence-electron chi connectivity index (χ4n) is 1.88. The van der Waals surface area contributed by atoms with Crippen molar-refractivity contribution in [3.63, 3.8) is 0 Å². The SMILES string of the molecule is CCOC(=O)OC(C)OC(=O)CCN1CCN(C)CC1. The van der Waals surface area contributed by atoms with Crippen molar-refractivity contribution in [2.24, 2.45) is 0 Å². The lowest BCUT2D eigenvalue weighted by Crippen LogP contribution is -2.45. The first-order chi connectivity index (χ1) is 9.51. The standard InChI is InChI=1S/C13H24N2O5/c1-4-18-13(17)20-11(2)19-12(16)5-6-15-9-7-14(3)8-10-15/h11H,4-10H2,1-3H3. The molecule has 0 aromatic rings. The van der Waals surface area contributed by atoms with Crippen LogP contribution in [0.4, 0.5) is 4.79 Å². The van der Waals surface area contributed by atoms with Crippen molar-refractivity contribution >= 4 is 12.1 Å². The van der Waals surface area contributed by atoms with E-state index < -0.39 is 12.4 Å². The molecule has 1 saturated heterocycles. The molecule has 0 aliphatic carbocycles. The third-order valence-electron chi connectivity index (χ3n) is 3.05. The molecule has 1 heterocycles. The molecule has 0 radical (unpaired) electrons. The molecular formula is C13H24N2O5. The molecule has 0 N–H and O–H groups in total. The molecule has 1 aliphatic rings. The van der Waals surface area contributed by atoms with Crippen LogP contribution < -0.4 is 0 Å². The number of piperazine rings is 1. The Bertz CT molecular complexity index is 316. The molecule has 0 aromatic heterocycles. The van der Waals surface area contributed by atoms with E-state index in [1.54, 1.807) is 6.92 Å². The van der Waals surface area contributed by atoms with E-state index in [0.717, 1.165) is 26.2 Å². The summed E-state index contributed by atoms with van der Waals surface area (Å²) in [5.74, 6) is -0.374. The zero-order valence-electron chi connectivity index (χ0n) is 12.5. The van der Waals surface area contributed by atoms with Crippen molar-refractivity contribution in [2.45, 2.75) is 26.6 Å². The molecule has 0 spiro atoms. The molecule has 0 aromatic carbocycles. The Morgan fingerprint density at radius 2 is 1.80 bits per heavy atom. The number of carbonyl (C=O) groups excluding carboxylic acids is 2. The van der Waals surface area contributed by atoms with Gasteiger partial charge in [-0.05, 0) is 14.0 Å². The Morgan fingerprint density at radius 3 is 2.40 bits per heavy atom. The van der Waals surface area contributed by atoms with Crippen molar-refractivity contribution in [1.29, 1.82) is 0 Å². The molecule has 0 bridgehead atoms. The highest BCUT2D eigenvalue weighted by Crippen LogP contribution is 2.03. The van der Waals surface area contributed by atoms with Gasteiger partial charge in [-0.25, -0.2) is 4.79 Å². The first-order valence-corrected chi connectivity index (χ1v) is 6.95. The molecule has 1 aliphatic heterocycles. The van der Waals surface area contributed by atoms with Crippen LogP contribution in [0.1, 0.15) is 20.3 Å². The number of hydrogen-bond acceptors (Lipinski definition) is 7. The molecule has 0 amide bonds. The topological polar surface area (TPSA) is 68.3 Å². The van der Waals surface area contributed by atoms with Crippen molar-refractivity contribution < 1.29 is 23.8 Å². The van der Waals surface area contributed by atoms with E-state index in [9.17, 15) is 9.59 Å². The molecule has 7 heteroatoms. The molecule has 20 heavy (non-hydrogen) atoms. The number of rotatable bonds is 6.